The van der Waals surface area contributed by atoms with E-state index in [2.05, 4.69) is 42.3 Å². The van der Waals surface area contributed by atoms with E-state index in [1.807, 2.05) is 42.5 Å². The minimum Gasteiger partial charge on any atom is -0.448 e. The fourth-order valence-corrected chi connectivity index (χ4v) is 4.21. The molecule has 1 unspecified atom stereocenters. The molecule has 1 aliphatic rings. The minimum absolute atomic E-state index is 0.0509. The summed E-state index contributed by atoms with van der Waals surface area (Å²) in [6, 6.07) is 26.6. The zero-order valence-electron chi connectivity index (χ0n) is 17.1. The second kappa shape index (κ2) is 8.88. The maximum absolute atomic E-state index is 12.9. The van der Waals surface area contributed by atoms with Gasteiger partial charge in [0.2, 0.25) is 0 Å². The van der Waals surface area contributed by atoms with E-state index in [0.717, 1.165) is 5.56 Å². The van der Waals surface area contributed by atoms with Crippen LogP contribution < -0.4 is 0 Å². The van der Waals surface area contributed by atoms with Crippen molar-refractivity contribution in [2.45, 2.75) is 24.8 Å². The van der Waals surface area contributed by atoms with Gasteiger partial charge in [-0.1, -0.05) is 78.9 Å². The summed E-state index contributed by atoms with van der Waals surface area (Å²) in [6.07, 6.45) is 6.41. The molecule has 0 N–H and O–H groups in total. The van der Waals surface area contributed by atoms with Crippen molar-refractivity contribution in [3.8, 4) is 23.5 Å². The van der Waals surface area contributed by atoms with Crippen LogP contribution >= 0.6 is 0 Å². The molecule has 150 valence electrons. The summed E-state index contributed by atoms with van der Waals surface area (Å²) >= 11 is 0. The quantitative estimate of drug-likeness (QED) is 0.516. The molecule has 30 heavy (non-hydrogen) atoms. The van der Waals surface area contributed by atoms with Gasteiger partial charge < -0.3 is 9.64 Å². The average Bonchev–Trinajstić information content (AvgIpc) is 3.11. The van der Waals surface area contributed by atoms with Crippen LogP contribution in [0.15, 0.2) is 78.9 Å². The number of likely N-dealkylation sites (N-methyl/N-ethyl adjacent to an activating group) is 1. The van der Waals surface area contributed by atoms with Gasteiger partial charge in [-0.15, -0.1) is 12.3 Å². The molecule has 0 aliphatic heterocycles. The molecule has 3 nitrogen and oxygen atoms in total. The van der Waals surface area contributed by atoms with E-state index in [9.17, 15) is 4.79 Å². The molecule has 3 heteroatoms. The third-order valence-corrected chi connectivity index (χ3v) is 5.84. The standard InChI is InChI=1S/C27H25NO2/c1-3-11-21(18-20-12-5-4-6-13-20)28(2)27(29)30-19-26-24-16-9-7-14-22(24)23-15-8-10-17-25(23)26/h1,4-10,12-17,21,26H,11,18-19H2,2H3. The van der Waals surface area contributed by atoms with Crippen molar-refractivity contribution in [3.05, 3.63) is 95.6 Å². The summed E-state index contributed by atoms with van der Waals surface area (Å²) in [5.41, 5.74) is 6.00. The van der Waals surface area contributed by atoms with Crippen LogP contribution in [0.2, 0.25) is 0 Å². The van der Waals surface area contributed by atoms with Crippen molar-refractivity contribution in [1.29, 1.82) is 0 Å². The van der Waals surface area contributed by atoms with E-state index < -0.39 is 0 Å². The maximum Gasteiger partial charge on any atom is 0.409 e. The molecular formula is C27H25NO2. The van der Waals surface area contributed by atoms with Crippen LogP contribution in [-0.4, -0.2) is 30.7 Å². The molecule has 0 radical (unpaired) electrons. The molecule has 0 saturated heterocycles. The maximum atomic E-state index is 12.9. The van der Waals surface area contributed by atoms with Gasteiger partial charge in [0.25, 0.3) is 0 Å². The van der Waals surface area contributed by atoms with Gasteiger partial charge in [0.1, 0.15) is 6.61 Å². The van der Waals surface area contributed by atoms with Crippen LogP contribution in [0, 0.1) is 12.3 Å². The SMILES string of the molecule is C#CCC(Cc1ccccc1)N(C)C(=O)OCC1c2ccccc2-c2ccccc21. The Balaban J connectivity index is 1.47. The van der Waals surface area contributed by atoms with Crippen molar-refractivity contribution in [2.24, 2.45) is 0 Å². The molecule has 3 aromatic rings. The van der Waals surface area contributed by atoms with Gasteiger partial charge in [0.05, 0.1) is 0 Å². The van der Waals surface area contributed by atoms with E-state index in [4.69, 9.17) is 11.2 Å². The lowest BCUT2D eigenvalue weighted by molar-refractivity contribution is 0.0949. The van der Waals surface area contributed by atoms with Crippen molar-refractivity contribution in [1.82, 2.24) is 4.90 Å². The number of ether oxygens (including phenoxy) is 1. The lowest BCUT2D eigenvalue weighted by Gasteiger charge is -2.27. The monoisotopic (exact) mass is 395 g/mol. The Morgan fingerprint density at radius 1 is 0.967 bits per heavy atom. The van der Waals surface area contributed by atoms with E-state index in [-0.39, 0.29) is 18.1 Å². The summed E-state index contributed by atoms with van der Waals surface area (Å²) in [6.45, 7) is 0.311. The van der Waals surface area contributed by atoms with E-state index in [1.165, 1.54) is 22.3 Å². The van der Waals surface area contributed by atoms with E-state index in [0.29, 0.717) is 19.4 Å². The Kier molecular flexibility index (Phi) is 5.86. The van der Waals surface area contributed by atoms with Crippen molar-refractivity contribution < 1.29 is 9.53 Å². The molecular weight excluding hydrogens is 370 g/mol. The Bertz CT molecular complexity index is 1020. The van der Waals surface area contributed by atoms with Gasteiger partial charge in [-0.3, -0.25) is 0 Å². The lowest BCUT2D eigenvalue weighted by atomic mass is 9.98. The number of fused-ring (bicyclic) bond motifs is 3. The van der Waals surface area contributed by atoms with Gasteiger partial charge >= 0.3 is 6.09 Å². The second-order valence-electron chi connectivity index (χ2n) is 7.67. The number of nitrogens with zero attached hydrogens (tertiary/aromatic N) is 1. The molecule has 1 amide bonds. The molecule has 0 bridgehead atoms. The third kappa shape index (κ3) is 3.95. The fraction of sp³-hybridized carbons (Fsp3) is 0.222. The highest BCUT2D eigenvalue weighted by Gasteiger charge is 2.30. The third-order valence-electron chi connectivity index (χ3n) is 5.84. The molecule has 0 fully saturated rings. The van der Waals surface area contributed by atoms with Crippen LogP contribution in [0.4, 0.5) is 4.79 Å². The number of hydrogen-bond acceptors (Lipinski definition) is 2. The summed E-state index contributed by atoms with van der Waals surface area (Å²) in [7, 11) is 1.77. The van der Waals surface area contributed by atoms with Crippen LogP contribution in [-0.2, 0) is 11.2 Å². The predicted octanol–water partition coefficient (Wildman–Crippen LogP) is 5.50. The summed E-state index contributed by atoms with van der Waals surface area (Å²) in [5.74, 6) is 2.75. The van der Waals surface area contributed by atoms with Gasteiger partial charge in [-0.2, -0.15) is 0 Å². The number of rotatable bonds is 6. The molecule has 1 aliphatic carbocycles. The molecule has 3 aromatic carbocycles. The predicted molar refractivity (Wildman–Crippen MR) is 120 cm³/mol. The van der Waals surface area contributed by atoms with Crippen LogP contribution in [0.3, 0.4) is 0 Å². The Hall–Kier alpha value is -3.51. The van der Waals surface area contributed by atoms with E-state index >= 15 is 0 Å². The summed E-state index contributed by atoms with van der Waals surface area (Å²) < 4.78 is 5.78. The Labute approximate surface area is 178 Å². The topological polar surface area (TPSA) is 29.5 Å². The number of terminal acetylenes is 1. The molecule has 0 heterocycles. The van der Waals surface area contributed by atoms with Crippen LogP contribution in [0.25, 0.3) is 11.1 Å². The molecule has 1 atom stereocenters. The molecule has 0 spiro atoms. The van der Waals surface area contributed by atoms with Crippen molar-refractivity contribution in [2.75, 3.05) is 13.7 Å². The molecule has 0 aromatic heterocycles. The van der Waals surface area contributed by atoms with Gasteiger partial charge in [-0.05, 0) is 34.2 Å². The van der Waals surface area contributed by atoms with Crippen LogP contribution in [0.5, 0.6) is 0 Å². The first-order valence-electron chi connectivity index (χ1n) is 10.2. The van der Waals surface area contributed by atoms with Gasteiger partial charge in [0.15, 0.2) is 0 Å². The van der Waals surface area contributed by atoms with Gasteiger partial charge in [0, 0.05) is 25.4 Å². The highest BCUT2D eigenvalue weighted by Crippen LogP contribution is 2.44. The lowest BCUT2D eigenvalue weighted by Crippen LogP contribution is -2.39. The zero-order valence-corrected chi connectivity index (χ0v) is 17.1. The first-order valence-corrected chi connectivity index (χ1v) is 10.2. The second-order valence-corrected chi connectivity index (χ2v) is 7.67. The normalized spacial score (nSPS) is 13.1. The number of benzene rings is 3. The van der Waals surface area contributed by atoms with E-state index in [1.54, 1.807) is 11.9 Å². The van der Waals surface area contributed by atoms with Crippen LogP contribution in [0.1, 0.15) is 29.0 Å². The Morgan fingerprint density at radius 3 is 2.13 bits per heavy atom. The fourth-order valence-electron chi connectivity index (χ4n) is 4.21. The number of amides is 1. The first-order chi connectivity index (χ1) is 14.7. The van der Waals surface area contributed by atoms with Crippen molar-refractivity contribution >= 4 is 6.09 Å². The van der Waals surface area contributed by atoms with Gasteiger partial charge in [-0.25, -0.2) is 4.79 Å². The number of carbonyl (C=O) groups is 1. The number of hydrogen-bond donors (Lipinski definition) is 0. The zero-order chi connectivity index (χ0) is 20.9. The van der Waals surface area contributed by atoms with Crippen molar-refractivity contribution in [3.63, 3.8) is 0 Å². The largest absolute Gasteiger partial charge is 0.448 e. The Morgan fingerprint density at radius 2 is 1.53 bits per heavy atom. The minimum atomic E-state index is -0.340. The number of carbonyl (C=O) groups excluding carboxylic acids is 1. The highest BCUT2D eigenvalue weighted by molar-refractivity contribution is 5.79. The molecule has 4 rings (SSSR count). The summed E-state index contributed by atoms with van der Waals surface area (Å²) in [5, 5.41) is 0. The first kappa shape index (κ1) is 19.8. The molecule has 0 saturated carbocycles. The smallest absolute Gasteiger partial charge is 0.409 e. The highest BCUT2D eigenvalue weighted by atomic mass is 16.6. The average molecular weight is 396 g/mol. The summed E-state index contributed by atoms with van der Waals surface area (Å²) in [4.78, 5) is 14.5.